The first-order chi connectivity index (χ1) is 5.04. The molecule has 11 heavy (non-hydrogen) atoms. The molecule has 1 heterocycles. The van der Waals surface area contributed by atoms with Gasteiger partial charge in [0.25, 0.3) is 0 Å². The van der Waals surface area contributed by atoms with E-state index in [4.69, 9.17) is 5.11 Å². The van der Waals surface area contributed by atoms with E-state index in [0.717, 1.165) is 0 Å². The number of aliphatic carboxylic acids is 1. The zero-order valence-electron chi connectivity index (χ0n) is 6.09. The van der Waals surface area contributed by atoms with Crippen molar-refractivity contribution in [2.75, 3.05) is 13.2 Å². The van der Waals surface area contributed by atoms with Crippen molar-refractivity contribution in [2.45, 2.75) is 6.92 Å². The fourth-order valence-electron chi connectivity index (χ4n) is 0.731. The summed E-state index contributed by atoms with van der Waals surface area (Å²) in [4.78, 5) is 21.0. The normalized spacial score (nSPS) is 30.5. The van der Waals surface area contributed by atoms with Gasteiger partial charge in [-0.2, -0.15) is 0 Å². The second kappa shape index (κ2) is 2.41. The molecule has 1 unspecified atom stereocenters. The first-order valence-corrected chi connectivity index (χ1v) is 3.19. The minimum Gasteiger partial charge on any atom is -0.481 e. The quantitative estimate of drug-likeness (QED) is 0.556. The third kappa shape index (κ3) is 1.42. The van der Waals surface area contributed by atoms with Crippen LogP contribution in [0, 0.1) is 5.41 Å². The van der Waals surface area contributed by atoms with E-state index >= 15 is 0 Å². The SMILES string of the molecule is CC1(C(=O)O)CNC(=O)OC1. The van der Waals surface area contributed by atoms with Crippen LogP contribution in [0.25, 0.3) is 0 Å². The lowest BCUT2D eigenvalue weighted by atomic mass is 9.91. The molecule has 0 aromatic carbocycles. The van der Waals surface area contributed by atoms with E-state index in [1.165, 1.54) is 6.92 Å². The summed E-state index contributed by atoms with van der Waals surface area (Å²) in [5, 5.41) is 11.0. The molecule has 0 spiro atoms. The van der Waals surface area contributed by atoms with Crippen molar-refractivity contribution < 1.29 is 19.4 Å². The summed E-state index contributed by atoms with van der Waals surface area (Å²) in [6.07, 6.45) is -0.552. The molecule has 1 saturated heterocycles. The predicted molar refractivity (Wildman–Crippen MR) is 35.1 cm³/mol. The van der Waals surface area contributed by atoms with Gasteiger partial charge < -0.3 is 15.2 Å². The molecule has 62 valence electrons. The molecule has 1 rings (SSSR count). The Hall–Kier alpha value is -1.26. The first-order valence-electron chi connectivity index (χ1n) is 3.19. The standard InChI is InChI=1S/C6H9NO4/c1-6(4(8)9)2-7-5(10)11-3-6/h2-3H2,1H3,(H,7,10)(H,8,9). The number of carboxylic acid groups (broad SMARTS) is 1. The third-order valence-corrected chi connectivity index (χ3v) is 1.66. The van der Waals surface area contributed by atoms with E-state index in [1.807, 2.05) is 0 Å². The number of cyclic esters (lactones) is 1. The zero-order valence-corrected chi connectivity index (χ0v) is 6.09. The Morgan fingerprint density at radius 3 is 2.82 bits per heavy atom. The molecule has 0 aliphatic carbocycles. The van der Waals surface area contributed by atoms with Crippen LogP contribution in [0.1, 0.15) is 6.92 Å². The lowest BCUT2D eigenvalue weighted by Crippen LogP contribution is -2.49. The number of amides is 1. The van der Waals surface area contributed by atoms with Gasteiger partial charge in [0.15, 0.2) is 0 Å². The molecule has 1 aliphatic rings. The van der Waals surface area contributed by atoms with Crippen molar-refractivity contribution in [1.29, 1.82) is 0 Å². The van der Waals surface area contributed by atoms with E-state index in [2.05, 4.69) is 10.1 Å². The van der Waals surface area contributed by atoms with Gasteiger partial charge in [0.05, 0.1) is 0 Å². The highest BCUT2D eigenvalue weighted by Gasteiger charge is 2.38. The largest absolute Gasteiger partial charge is 0.481 e. The van der Waals surface area contributed by atoms with Crippen LogP contribution >= 0.6 is 0 Å². The van der Waals surface area contributed by atoms with Gasteiger partial charge in [-0.25, -0.2) is 4.79 Å². The average Bonchev–Trinajstić information content (AvgIpc) is 1.95. The lowest BCUT2D eigenvalue weighted by Gasteiger charge is -2.28. The van der Waals surface area contributed by atoms with Crippen LogP contribution in [0.5, 0.6) is 0 Å². The molecule has 0 aromatic heterocycles. The smallest absolute Gasteiger partial charge is 0.407 e. The number of rotatable bonds is 1. The molecule has 1 aliphatic heterocycles. The Morgan fingerprint density at radius 2 is 2.45 bits per heavy atom. The van der Waals surface area contributed by atoms with E-state index in [9.17, 15) is 9.59 Å². The Morgan fingerprint density at radius 1 is 1.82 bits per heavy atom. The summed E-state index contributed by atoms with van der Waals surface area (Å²) in [6, 6.07) is 0. The van der Waals surface area contributed by atoms with Crippen molar-refractivity contribution in [3.05, 3.63) is 0 Å². The maximum atomic E-state index is 10.6. The second-order valence-electron chi connectivity index (χ2n) is 2.80. The average molecular weight is 159 g/mol. The van der Waals surface area contributed by atoms with Gasteiger partial charge in [0, 0.05) is 6.54 Å². The van der Waals surface area contributed by atoms with Crippen LogP contribution in [0.4, 0.5) is 4.79 Å². The minimum atomic E-state index is -0.978. The molecule has 2 N–H and O–H groups in total. The second-order valence-corrected chi connectivity index (χ2v) is 2.80. The highest BCUT2D eigenvalue weighted by Crippen LogP contribution is 2.18. The molecule has 0 radical (unpaired) electrons. The van der Waals surface area contributed by atoms with Crippen molar-refractivity contribution in [1.82, 2.24) is 5.32 Å². The number of carboxylic acids is 1. The maximum absolute atomic E-state index is 10.6. The molecule has 0 bridgehead atoms. The summed E-state index contributed by atoms with van der Waals surface area (Å²) >= 11 is 0. The van der Waals surface area contributed by atoms with Gasteiger partial charge in [-0.15, -0.1) is 0 Å². The Kier molecular flexibility index (Phi) is 1.72. The zero-order chi connectivity index (χ0) is 8.48. The van der Waals surface area contributed by atoms with Gasteiger partial charge in [-0.1, -0.05) is 0 Å². The molecule has 1 fully saturated rings. The summed E-state index contributed by atoms with van der Waals surface area (Å²) < 4.78 is 4.52. The van der Waals surface area contributed by atoms with Crippen LogP contribution in [0.15, 0.2) is 0 Å². The maximum Gasteiger partial charge on any atom is 0.407 e. The number of ether oxygens (including phenoxy) is 1. The number of hydrogen-bond acceptors (Lipinski definition) is 3. The Labute approximate surface area is 63.3 Å². The van der Waals surface area contributed by atoms with E-state index in [-0.39, 0.29) is 13.2 Å². The molecule has 0 saturated carbocycles. The summed E-state index contributed by atoms with van der Waals surface area (Å²) in [5.74, 6) is -0.961. The van der Waals surface area contributed by atoms with Gasteiger partial charge in [-0.3, -0.25) is 4.79 Å². The van der Waals surface area contributed by atoms with E-state index in [0.29, 0.717) is 0 Å². The number of alkyl carbamates (subject to hydrolysis) is 1. The molecule has 0 aromatic rings. The fourth-order valence-corrected chi connectivity index (χ4v) is 0.731. The van der Waals surface area contributed by atoms with Crippen molar-refractivity contribution in [2.24, 2.45) is 5.41 Å². The van der Waals surface area contributed by atoms with Crippen LogP contribution in [-0.4, -0.2) is 30.3 Å². The van der Waals surface area contributed by atoms with Gasteiger partial charge in [0.1, 0.15) is 12.0 Å². The molecular weight excluding hydrogens is 150 g/mol. The monoisotopic (exact) mass is 159 g/mol. The molecule has 1 amide bonds. The van der Waals surface area contributed by atoms with Crippen molar-refractivity contribution >= 4 is 12.1 Å². The topological polar surface area (TPSA) is 75.6 Å². The summed E-state index contributed by atoms with van der Waals surface area (Å²) in [6.45, 7) is 1.59. The number of hydrogen-bond donors (Lipinski definition) is 2. The summed E-state index contributed by atoms with van der Waals surface area (Å²) in [7, 11) is 0. The van der Waals surface area contributed by atoms with Crippen LogP contribution in [0.3, 0.4) is 0 Å². The number of carbonyl (C=O) groups excluding carboxylic acids is 1. The highest BCUT2D eigenvalue weighted by molar-refractivity contribution is 5.78. The predicted octanol–water partition coefficient (Wildman–Crippen LogP) is -0.183. The first kappa shape index (κ1) is 7.84. The lowest BCUT2D eigenvalue weighted by molar-refractivity contribution is -0.151. The number of nitrogens with one attached hydrogen (secondary N) is 1. The van der Waals surface area contributed by atoms with Crippen molar-refractivity contribution in [3.8, 4) is 0 Å². The third-order valence-electron chi connectivity index (χ3n) is 1.66. The molecular formula is C6H9NO4. The summed E-state index contributed by atoms with van der Waals surface area (Å²) in [5.41, 5.74) is -0.978. The van der Waals surface area contributed by atoms with Gasteiger partial charge in [-0.05, 0) is 6.92 Å². The molecule has 5 nitrogen and oxygen atoms in total. The van der Waals surface area contributed by atoms with E-state index in [1.54, 1.807) is 0 Å². The minimum absolute atomic E-state index is 0.0613. The van der Waals surface area contributed by atoms with Crippen LogP contribution < -0.4 is 5.32 Å². The number of carbonyl (C=O) groups is 2. The Bertz CT molecular complexity index is 191. The van der Waals surface area contributed by atoms with Crippen LogP contribution in [0.2, 0.25) is 0 Å². The van der Waals surface area contributed by atoms with Crippen LogP contribution in [-0.2, 0) is 9.53 Å². The van der Waals surface area contributed by atoms with Gasteiger partial charge in [0.2, 0.25) is 0 Å². The van der Waals surface area contributed by atoms with E-state index < -0.39 is 17.5 Å². The van der Waals surface area contributed by atoms with Gasteiger partial charge >= 0.3 is 12.1 Å². The molecule has 1 atom stereocenters. The van der Waals surface area contributed by atoms with Crippen molar-refractivity contribution in [3.63, 3.8) is 0 Å². The molecule has 5 heteroatoms. The fraction of sp³-hybridized carbons (Fsp3) is 0.667. The highest BCUT2D eigenvalue weighted by atomic mass is 16.6. The Balaban J connectivity index is 2.62.